The topological polar surface area (TPSA) is 220 Å². The molecule has 0 amide bonds. The van der Waals surface area contributed by atoms with Gasteiger partial charge in [0.15, 0.2) is 23.3 Å². The van der Waals surface area contributed by atoms with E-state index < -0.39 is 35.1 Å². The normalized spacial score (nSPS) is 17.3. The Bertz CT molecular complexity index is 3410. The summed E-state index contributed by atoms with van der Waals surface area (Å²) >= 11 is 0. The van der Waals surface area contributed by atoms with Gasteiger partial charge < -0.3 is 18.9 Å². The van der Waals surface area contributed by atoms with Gasteiger partial charge >= 0.3 is 19.2 Å². The van der Waals surface area contributed by atoms with Gasteiger partial charge in [0, 0.05) is 50.8 Å². The number of benzene rings is 4. The molecular weight excluding hydrogens is 847 g/mol. The summed E-state index contributed by atoms with van der Waals surface area (Å²) in [7, 11) is -8.13. The number of aliphatic imine (C=N–C) groups is 4. The largest absolute Gasteiger partial charge is 0.633 e. The molecule has 1 unspecified atom stereocenters. The fourth-order valence-electron chi connectivity index (χ4n) is 7.64. The molecule has 19 nitrogen and oxygen atoms in total. The highest BCUT2D eigenvalue weighted by atomic mass is 32.2. The number of rotatable bonds is 10. The number of ether oxygens (including phenoxy) is 4. The molecule has 310 valence electrons. The zero-order valence-corrected chi connectivity index (χ0v) is 35.7. The number of fused-ring (bicyclic) bond motifs is 14. The minimum atomic E-state index is -5.66. The van der Waals surface area contributed by atoms with Crippen molar-refractivity contribution in [1.29, 1.82) is 0 Å². The molecule has 4 aromatic carbocycles. The zero-order valence-electron chi connectivity index (χ0n) is 33.1. The van der Waals surface area contributed by atoms with E-state index in [4.69, 9.17) is 56.6 Å². The fourth-order valence-corrected chi connectivity index (χ4v) is 14.4. The first-order chi connectivity index (χ1) is 29.3. The standard InChI is InChI=1S/C39H33N9O10S2Si/c1-7-59(49,50)57-61(58-60(51,52)40-2)47-36-26-14-10-23(56-6)19-31(26)39(47)46-35-29-17-21(54-4)9-13-25(29)33(42-35)44-38-30-18-22(55-5)11-15-27(30)37(48(38)61)45-34-28-16-20(53-3)8-12-24(28)32(41-34)43-36/h8-19,40H,7H2,1-6H3. The summed E-state index contributed by atoms with van der Waals surface area (Å²) in [6, 6.07) is 20.6. The Morgan fingerprint density at radius 1 is 0.525 bits per heavy atom. The molecule has 0 saturated heterocycles. The van der Waals surface area contributed by atoms with Crippen molar-refractivity contribution in [3.63, 3.8) is 0 Å². The molecule has 6 aromatic rings. The van der Waals surface area contributed by atoms with E-state index in [1.54, 1.807) is 72.8 Å². The second kappa shape index (κ2) is 13.7. The third-order valence-corrected chi connectivity index (χ3v) is 17.4. The smallest absolute Gasteiger partial charge is 0.497 e. The number of hydrogen-bond acceptors (Lipinski definition) is 16. The highest BCUT2D eigenvalue weighted by molar-refractivity contribution is 7.88. The Hall–Kier alpha value is -6.56. The van der Waals surface area contributed by atoms with Crippen molar-refractivity contribution >= 4 is 85.8 Å². The summed E-state index contributed by atoms with van der Waals surface area (Å²) in [5, 5.41) is 1.42. The average molecular weight is 880 g/mol. The van der Waals surface area contributed by atoms with Gasteiger partial charge in [-0.15, -0.1) is 0 Å². The highest BCUT2D eigenvalue weighted by Gasteiger charge is 2.59. The Labute approximate surface area is 348 Å². The van der Waals surface area contributed by atoms with Gasteiger partial charge in [-0.3, -0.25) is 8.47 Å². The van der Waals surface area contributed by atoms with Crippen LogP contribution in [0.1, 0.15) is 29.2 Å². The van der Waals surface area contributed by atoms with Crippen LogP contribution in [0.15, 0.2) is 103 Å². The van der Waals surface area contributed by atoms with Crippen LogP contribution >= 0.6 is 0 Å². The first kappa shape index (κ1) is 38.6. The molecule has 0 radical (unpaired) electrons. The van der Waals surface area contributed by atoms with Crippen molar-refractivity contribution < 1.29 is 43.5 Å². The summed E-state index contributed by atoms with van der Waals surface area (Å²) < 4.78 is 97.4. The van der Waals surface area contributed by atoms with Gasteiger partial charge in [-0.25, -0.2) is 46.1 Å². The van der Waals surface area contributed by atoms with Crippen molar-refractivity contribution in [3.8, 4) is 23.0 Å². The highest BCUT2D eigenvalue weighted by Crippen LogP contribution is 2.45. The molecule has 1 N–H and O–H groups in total. The van der Waals surface area contributed by atoms with Gasteiger partial charge in [-0.2, -0.15) is 13.1 Å². The number of amidine groups is 4. The number of methoxy groups -OCH3 is 4. The molecule has 2 aromatic heterocycles. The van der Waals surface area contributed by atoms with E-state index in [2.05, 4.69) is 4.72 Å². The van der Waals surface area contributed by atoms with Crippen LogP contribution in [0.3, 0.4) is 0 Å². The second-order valence-corrected chi connectivity index (χ2v) is 20.1. The van der Waals surface area contributed by atoms with Gasteiger partial charge in [0.25, 0.3) is 10.1 Å². The lowest BCUT2D eigenvalue weighted by molar-refractivity contribution is 0.341. The van der Waals surface area contributed by atoms with E-state index in [9.17, 15) is 16.8 Å². The predicted octanol–water partition coefficient (Wildman–Crippen LogP) is 3.25. The van der Waals surface area contributed by atoms with Crippen LogP contribution in [0, 0.1) is 0 Å². The summed E-state index contributed by atoms with van der Waals surface area (Å²) in [6.07, 6.45) is 0. The molecule has 4 aliphatic rings. The fraction of sp³-hybridized carbons (Fsp3) is 0.179. The summed E-state index contributed by atoms with van der Waals surface area (Å²) in [6.45, 7) is 1.36. The molecule has 22 heteroatoms. The van der Waals surface area contributed by atoms with Crippen LogP contribution in [0.2, 0.25) is 0 Å². The quantitative estimate of drug-likeness (QED) is 0.198. The Kier molecular flexibility index (Phi) is 8.70. The van der Waals surface area contributed by atoms with Crippen LogP contribution < -0.4 is 34.6 Å². The third-order valence-electron chi connectivity index (χ3n) is 10.6. The van der Waals surface area contributed by atoms with Crippen molar-refractivity contribution in [3.05, 3.63) is 106 Å². The lowest BCUT2D eigenvalue weighted by Crippen LogP contribution is -2.66. The molecule has 6 bridgehead atoms. The maximum Gasteiger partial charge on any atom is 0.633 e. The van der Waals surface area contributed by atoms with Crippen molar-refractivity contribution in [2.24, 2.45) is 30.0 Å². The summed E-state index contributed by atoms with van der Waals surface area (Å²) in [5.41, 5.74) is 2.05. The molecule has 1 atom stereocenters. The second-order valence-electron chi connectivity index (χ2n) is 13.8. The zero-order chi connectivity index (χ0) is 42.6. The van der Waals surface area contributed by atoms with Gasteiger partial charge in [-0.05, 0) is 79.7 Å². The first-order valence-electron chi connectivity index (χ1n) is 18.5. The van der Waals surface area contributed by atoms with Crippen molar-refractivity contribution in [2.75, 3.05) is 41.2 Å². The molecule has 10 rings (SSSR count). The minimum Gasteiger partial charge on any atom is -0.497 e. The lowest BCUT2D eigenvalue weighted by Gasteiger charge is -2.31. The van der Waals surface area contributed by atoms with E-state index in [-0.39, 0.29) is 46.0 Å². The van der Waals surface area contributed by atoms with Gasteiger partial charge in [0.1, 0.15) is 45.6 Å². The molecule has 0 spiro atoms. The van der Waals surface area contributed by atoms with Crippen LogP contribution in [-0.4, -0.2) is 98.8 Å². The van der Waals surface area contributed by atoms with Crippen LogP contribution in [-0.2, 0) is 28.2 Å². The van der Waals surface area contributed by atoms with Crippen molar-refractivity contribution in [1.82, 2.24) is 13.2 Å². The molecule has 61 heavy (non-hydrogen) atoms. The SMILES string of the molecule is CCS(=O)(=O)O[Si]1(OS(=O)(=O)NC)n2c3c4ccc(OC)cc4c2N=C2N=C(N=c4c5cc(OC)ccc5c(n41)=NC1=NC(=N3)c3cc(OC)ccc31)c1cc(OC)ccc12. The summed E-state index contributed by atoms with van der Waals surface area (Å²) in [4.78, 5) is 30.5. The number of nitrogens with zero attached hydrogens (tertiary/aromatic N) is 8. The van der Waals surface area contributed by atoms with Gasteiger partial charge in [0.05, 0.1) is 34.2 Å². The number of aromatic nitrogens is 2. The van der Waals surface area contributed by atoms with E-state index in [0.717, 1.165) is 7.05 Å². The monoisotopic (exact) mass is 879 g/mol. The molecule has 0 saturated carbocycles. The average Bonchev–Trinajstić information content (AvgIpc) is 3.97. The van der Waals surface area contributed by atoms with Crippen LogP contribution in [0.4, 0.5) is 11.6 Å². The molecule has 6 heterocycles. The molecule has 0 aliphatic carbocycles. The molecular formula is C39H33N9O10S2Si. The maximum atomic E-state index is 14.4. The maximum absolute atomic E-state index is 14.4. The Balaban J connectivity index is 1.56. The molecule has 0 fully saturated rings. The molecule has 4 aliphatic heterocycles. The van der Waals surface area contributed by atoms with Crippen LogP contribution in [0.5, 0.6) is 23.0 Å². The van der Waals surface area contributed by atoms with E-state index in [1.807, 2.05) is 0 Å². The van der Waals surface area contributed by atoms with E-state index >= 15 is 0 Å². The van der Waals surface area contributed by atoms with Gasteiger partial charge in [0.2, 0.25) is 0 Å². The number of hydrogen-bond donors (Lipinski definition) is 1. The lowest BCUT2D eigenvalue weighted by atomic mass is 10.1. The predicted molar refractivity (Wildman–Crippen MR) is 227 cm³/mol. The van der Waals surface area contributed by atoms with E-state index in [1.165, 1.54) is 43.8 Å². The number of nitrogens with one attached hydrogen (secondary N) is 1. The third kappa shape index (κ3) is 5.85. The Morgan fingerprint density at radius 2 is 0.984 bits per heavy atom. The van der Waals surface area contributed by atoms with E-state index in [0.29, 0.717) is 66.8 Å². The summed E-state index contributed by atoms with van der Waals surface area (Å²) in [5.74, 6) is 1.68. The van der Waals surface area contributed by atoms with Crippen molar-refractivity contribution in [2.45, 2.75) is 6.92 Å². The van der Waals surface area contributed by atoms with Crippen LogP contribution in [0.25, 0.3) is 21.5 Å². The van der Waals surface area contributed by atoms with Gasteiger partial charge in [-0.1, -0.05) is 0 Å². The first-order valence-corrected chi connectivity index (χ1v) is 23.2. The Morgan fingerprint density at radius 3 is 1.54 bits per heavy atom. The minimum absolute atomic E-state index is 0.0224.